The first kappa shape index (κ1) is 12.8. The maximum atomic E-state index is 10.7. The van der Waals surface area contributed by atoms with Crippen molar-refractivity contribution in [1.29, 1.82) is 0 Å². The van der Waals surface area contributed by atoms with E-state index in [1.165, 1.54) is 24.7 Å². The Kier molecular flexibility index (Phi) is 3.30. The van der Waals surface area contributed by atoms with Crippen LogP contribution in [0, 0.1) is 0 Å². The molecule has 104 valence electrons. The molecular weight excluding hydrogens is 272 g/mol. The number of hydrogen-bond acceptors (Lipinski definition) is 5. The van der Waals surface area contributed by atoms with E-state index in [4.69, 9.17) is 9.84 Å². The maximum absolute atomic E-state index is 10.7. The van der Waals surface area contributed by atoms with Gasteiger partial charge in [0.25, 0.3) is 0 Å². The van der Waals surface area contributed by atoms with E-state index in [9.17, 15) is 4.79 Å². The van der Waals surface area contributed by atoms with Gasteiger partial charge in [-0.25, -0.2) is 14.5 Å². The molecule has 0 aliphatic carbocycles. The zero-order chi connectivity index (χ0) is 14.7. The lowest BCUT2D eigenvalue weighted by Crippen LogP contribution is -1.98. The van der Waals surface area contributed by atoms with E-state index < -0.39 is 5.97 Å². The molecule has 0 bridgehead atoms. The van der Waals surface area contributed by atoms with Gasteiger partial charge < -0.3 is 9.84 Å². The summed E-state index contributed by atoms with van der Waals surface area (Å²) in [5, 5.41) is 12.9. The Morgan fingerprint density at radius 2 is 1.90 bits per heavy atom. The smallest absolute Gasteiger partial charge is 0.342 e. The molecule has 0 fully saturated rings. The Hall–Kier alpha value is -3.22. The first-order valence-corrected chi connectivity index (χ1v) is 6.07. The molecule has 2 aromatic heterocycles. The van der Waals surface area contributed by atoms with Gasteiger partial charge in [-0.2, -0.15) is 4.98 Å². The molecule has 1 aromatic carbocycles. The minimum atomic E-state index is -1.04. The second-order valence-corrected chi connectivity index (χ2v) is 4.10. The number of pyridine rings is 1. The average molecular weight is 282 g/mol. The van der Waals surface area contributed by atoms with Crippen LogP contribution in [-0.2, 0) is 0 Å². The number of benzene rings is 1. The first-order chi connectivity index (χ1) is 10.2. The second kappa shape index (κ2) is 5.41. The highest BCUT2D eigenvalue weighted by molar-refractivity contribution is 5.87. The van der Waals surface area contributed by atoms with Gasteiger partial charge in [-0.1, -0.05) is 18.2 Å². The summed E-state index contributed by atoms with van der Waals surface area (Å²) in [7, 11) is 0. The highest BCUT2D eigenvalue weighted by atomic mass is 16.5. The third-order valence-corrected chi connectivity index (χ3v) is 2.67. The summed E-state index contributed by atoms with van der Waals surface area (Å²) in [6.07, 6.45) is 2.74. The number of ether oxygens (including phenoxy) is 1. The van der Waals surface area contributed by atoms with Gasteiger partial charge in [-0.15, -0.1) is 5.10 Å². The summed E-state index contributed by atoms with van der Waals surface area (Å²) in [5.41, 5.74) is 0.944. The third-order valence-electron chi connectivity index (χ3n) is 2.67. The van der Waals surface area contributed by atoms with Crippen LogP contribution in [0.3, 0.4) is 0 Å². The summed E-state index contributed by atoms with van der Waals surface area (Å²) in [4.78, 5) is 18.6. The molecular formula is C14H10N4O3. The highest BCUT2D eigenvalue weighted by Gasteiger charge is 2.07. The van der Waals surface area contributed by atoms with Gasteiger partial charge in [-0.05, 0) is 18.2 Å². The number of hydrogen-bond donors (Lipinski definition) is 1. The van der Waals surface area contributed by atoms with E-state index in [0.29, 0.717) is 0 Å². The molecule has 0 spiro atoms. The maximum Gasteiger partial charge on any atom is 0.342 e. The number of rotatable bonds is 4. The number of para-hydroxylation sites is 1. The highest BCUT2D eigenvalue weighted by Crippen LogP contribution is 2.16. The lowest BCUT2D eigenvalue weighted by Gasteiger charge is -2.00. The van der Waals surface area contributed by atoms with E-state index in [2.05, 4.69) is 15.1 Å². The molecule has 21 heavy (non-hydrogen) atoms. The molecule has 1 N–H and O–H groups in total. The van der Waals surface area contributed by atoms with E-state index in [1.807, 2.05) is 30.3 Å². The van der Waals surface area contributed by atoms with Crippen molar-refractivity contribution in [2.75, 3.05) is 0 Å². The topological polar surface area (TPSA) is 90.1 Å². The van der Waals surface area contributed by atoms with Crippen LogP contribution in [0.25, 0.3) is 5.69 Å². The molecule has 3 aromatic rings. The Bertz CT molecular complexity index is 753. The molecule has 7 heteroatoms. The van der Waals surface area contributed by atoms with Crippen LogP contribution in [0.1, 0.15) is 10.4 Å². The Morgan fingerprint density at radius 1 is 1.10 bits per heavy atom. The number of carbonyl (C=O) groups is 1. The van der Waals surface area contributed by atoms with Crippen molar-refractivity contribution in [3.8, 4) is 17.6 Å². The molecule has 0 aliphatic rings. The molecule has 0 saturated heterocycles. The number of aromatic carboxylic acids is 1. The van der Waals surface area contributed by atoms with Crippen molar-refractivity contribution >= 4 is 5.97 Å². The molecule has 2 heterocycles. The summed E-state index contributed by atoms with van der Waals surface area (Å²) < 4.78 is 6.94. The van der Waals surface area contributed by atoms with E-state index in [1.54, 1.807) is 4.68 Å². The van der Waals surface area contributed by atoms with Crippen molar-refractivity contribution in [3.63, 3.8) is 0 Å². The fraction of sp³-hybridized carbons (Fsp3) is 0. The van der Waals surface area contributed by atoms with Gasteiger partial charge >= 0.3 is 12.0 Å². The summed E-state index contributed by atoms with van der Waals surface area (Å²) in [6, 6.07) is 12.5. The molecule has 0 aliphatic heterocycles. The minimum absolute atomic E-state index is 0.0881. The molecule has 0 atom stereocenters. The number of aromatic nitrogens is 4. The van der Waals surface area contributed by atoms with Crippen molar-refractivity contribution < 1.29 is 14.6 Å². The Balaban J connectivity index is 1.77. The number of carboxylic acids is 1. The molecule has 0 saturated carbocycles. The van der Waals surface area contributed by atoms with E-state index >= 15 is 0 Å². The normalized spacial score (nSPS) is 10.3. The Labute approximate surface area is 119 Å². The molecule has 0 amide bonds. The van der Waals surface area contributed by atoms with Gasteiger partial charge in [-0.3, -0.25) is 0 Å². The monoisotopic (exact) mass is 282 g/mol. The number of carboxylic acid groups (broad SMARTS) is 1. The molecule has 3 rings (SSSR count). The lowest BCUT2D eigenvalue weighted by atomic mass is 10.3. The van der Waals surface area contributed by atoms with Crippen molar-refractivity contribution in [1.82, 2.24) is 19.7 Å². The quantitative estimate of drug-likeness (QED) is 0.788. The summed E-state index contributed by atoms with van der Waals surface area (Å²) in [5.74, 6) is -0.814. The molecule has 0 unspecified atom stereocenters. The summed E-state index contributed by atoms with van der Waals surface area (Å²) >= 11 is 0. The number of nitrogens with zero attached hydrogens (tertiary/aromatic N) is 4. The average Bonchev–Trinajstić information content (AvgIpc) is 2.97. The van der Waals surface area contributed by atoms with Gasteiger partial charge in [0.15, 0.2) is 0 Å². The van der Waals surface area contributed by atoms with Crippen LogP contribution in [0.2, 0.25) is 0 Å². The van der Waals surface area contributed by atoms with Crippen LogP contribution < -0.4 is 4.74 Å². The predicted molar refractivity (Wildman–Crippen MR) is 72.6 cm³/mol. The largest absolute Gasteiger partial charge is 0.478 e. The van der Waals surface area contributed by atoms with Crippen LogP contribution in [0.4, 0.5) is 0 Å². The fourth-order valence-electron chi connectivity index (χ4n) is 1.66. The zero-order valence-electron chi connectivity index (χ0n) is 10.7. The van der Waals surface area contributed by atoms with Crippen molar-refractivity contribution in [2.24, 2.45) is 0 Å². The van der Waals surface area contributed by atoms with Crippen LogP contribution in [-0.4, -0.2) is 30.8 Å². The molecule has 7 nitrogen and oxygen atoms in total. The fourth-order valence-corrected chi connectivity index (χ4v) is 1.66. The van der Waals surface area contributed by atoms with Crippen LogP contribution in [0.5, 0.6) is 11.9 Å². The third kappa shape index (κ3) is 2.86. The van der Waals surface area contributed by atoms with E-state index in [0.717, 1.165) is 5.69 Å². The lowest BCUT2D eigenvalue weighted by molar-refractivity contribution is 0.0696. The van der Waals surface area contributed by atoms with Gasteiger partial charge in [0.1, 0.15) is 6.33 Å². The summed E-state index contributed by atoms with van der Waals surface area (Å²) in [6.45, 7) is 0. The van der Waals surface area contributed by atoms with Gasteiger partial charge in [0, 0.05) is 12.3 Å². The standard InChI is InChI=1S/C14H10N4O3/c19-13(20)10-6-7-12(15-8-10)21-14-16-9-18(17-14)11-4-2-1-3-5-11/h1-9H,(H,19,20). The van der Waals surface area contributed by atoms with E-state index in [-0.39, 0.29) is 17.5 Å². The SMILES string of the molecule is O=C(O)c1ccc(Oc2ncn(-c3ccccc3)n2)nc1. The van der Waals surface area contributed by atoms with Crippen LogP contribution >= 0.6 is 0 Å². The van der Waals surface area contributed by atoms with Gasteiger partial charge in [0.2, 0.25) is 5.88 Å². The first-order valence-electron chi connectivity index (χ1n) is 6.07. The second-order valence-electron chi connectivity index (χ2n) is 4.10. The predicted octanol–water partition coefficient (Wildman–Crippen LogP) is 2.15. The minimum Gasteiger partial charge on any atom is -0.478 e. The zero-order valence-corrected chi connectivity index (χ0v) is 10.7. The van der Waals surface area contributed by atoms with Crippen molar-refractivity contribution in [3.05, 3.63) is 60.6 Å². The Morgan fingerprint density at radius 3 is 2.57 bits per heavy atom. The van der Waals surface area contributed by atoms with Crippen molar-refractivity contribution in [2.45, 2.75) is 0 Å². The van der Waals surface area contributed by atoms with Crippen LogP contribution in [0.15, 0.2) is 55.0 Å². The molecule has 0 radical (unpaired) electrons. The van der Waals surface area contributed by atoms with Gasteiger partial charge in [0.05, 0.1) is 11.3 Å².